The molecular formula is C32H68O2. The molecule has 3 rings (SSSR count). The van der Waals surface area contributed by atoms with E-state index < -0.39 is 0 Å². The Balaban J connectivity index is 0. The van der Waals surface area contributed by atoms with Crippen LogP contribution in [0.15, 0.2) is 0 Å². The molecule has 208 valence electrons. The van der Waals surface area contributed by atoms with E-state index in [1.807, 2.05) is 0 Å². The minimum Gasteiger partial charge on any atom is -0.400 e. The highest BCUT2D eigenvalue weighted by Crippen LogP contribution is 2.17. The molecule has 3 saturated carbocycles. The molecular weight excluding hydrogens is 416 g/mol. The van der Waals surface area contributed by atoms with E-state index in [-0.39, 0.29) is 0 Å². The summed E-state index contributed by atoms with van der Waals surface area (Å²) in [7, 11) is 2.00. The maximum Gasteiger partial charge on any atom is 0.0319 e. The molecule has 0 spiro atoms. The average molecular weight is 485 g/mol. The monoisotopic (exact) mass is 485 g/mol. The van der Waals surface area contributed by atoms with Crippen LogP contribution in [0.1, 0.15) is 193 Å². The van der Waals surface area contributed by atoms with Gasteiger partial charge in [-0.3, -0.25) is 0 Å². The number of rotatable bonds is 0. The number of aliphatic hydroxyl groups excluding tert-OH is 2. The lowest BCUT2D eigenvalue weighted by Crippen LogP contribution is -1.85. The lowest BCUT2D eigenvalue weighted by Gasteiger charge is -2.05. The summed E-state index contributed by atoms with van der Waals surface area (Å²) in [5.41, 5.74) is 0. The minimum absolute atomic E-state index is 1.00. The summed E-state index contributed by atoms with van der Waals surface area (Å²) in [4.78, 5) is 0. The van der Waals surface area contributed by atoms with Gasteiger partial charge in [0.05, 0.1) is 0 Å². The normalized spacial score (nSPS) is 21.5. The second-order valence-electron chi connectivity index (χ2n) is 10.6. The molecule has 2 N–H and O–H groups in total. The lowest BCUT2D eigenvalue weighted by atomic mass is 10.0. The fourth-order valence-electron chi connectivity index (χ4n) is 5.30. The molecule has 0 aromatic rings. The van der Waals surface area contributed by atoms with E-state index in [9.17, 15) is 0 Å². The van der Waals surface area contributed by atoms with Gasteiger partial charge in [-0.2, -0.15) is 0 Å². The van der Waals surface area contributed by atoms with Gasteiger partial charge in [-0.1, -0.05) is 193 Å². The summed E-state index contributed by atoms with van der Waals surface area (Å²) >= 11 is 0. The molecule has 0 atom stereocenters. The van der Waals surface area contributed by atoms with Gasteiger partial charge in [0, 0.05) is 14.2 Å². The molecule has 3 aliphatic carbocycles. The van der Waals surface area contributed by atoms with Crippen LogP contribution in [0.5, 0.6) is 0 Å². The third kappa shape index (κ3) is 34.1. The SMILES string of the molecule is C1CCCCCCCCC1.C1CCCCCCCCC1.C1CCCCCCCCC1.CO.CO. The topological polar surface area (TPSA) is 40.5 Å². The van der Waals surface area contributed by atoms with Gasteiger partial charge in [0.1, 0.15) is 0 Å². The third-order valence-corrected chi connectivity index (χ3v) is 7.50. The molecule has 0 radical (unpaired) electrons. The maximum atomic E-state index is 7.00. The van der Waals surface area contributed by atoms with Gasteiger partial charge >= 0.3 is 0 Å². The van der Waals surface area contributed by atoms with Crippen molar-refractivity contribution in [2.75, 3.05) is 14.2 Å². The second kappa shape index (κ2) is 37.5. The molecule has 3 fully saturated rings. The van der Waals surface area contributed by atoms with Crippen molar-refractivity contribution in [2.45, 2.75) is 193 Å². The average Bonchev–Trinajstić information content (AvgIpc) is 2.93. The molecule has 0 aliphatic heterocycles. The van der Waals surface area contributed by atoms with E-state index >= 15 is 0 Å². The van der Waals surface area contributed by atoms with Crippen LogP contribution in [-0.2, 0) is 0 Å². The van der Waals surface area contributed by atoms with Crippen molar-refractivity contribution in [3.8, 4) is 0 Å². The molecule has 2 heteroatoms. The van der Waals surface area contributed by atoms with Gasteiger partial charge in [-0.05, 0) is 0 Å². The zero-order valence-corrected chi connectivity index (χ0v) is 24.1. The fraction of sp³-hybridized carbons (Fsp3) is 1.00. The molecule has 0 saturated heterocycles. The summed E-state index contributed by atoms with van der Waals surface area (Å²) in [5, 5.41) is 14.0. The Morgan fingerprint density at radius 3 is 0.206 bits per heavy atom. The van der Waals surface area contributed by atoms with E-state index in [0.29, 0.717) is 0 Å². The Bertz CT molecular complexity index is 158. The van der Waals surface area contributed by atoms with Crippen molar-refractivity contribution in [2.24, 2.45) is 0 Å². The summed E-state index contributed by atoms with van der Waals surface area (Å²) in [6.45, 7) is 0. The van der Waals surface area contributed by atoms with Gasteiger partial charge in [0.2, 0.25) is 0 Å². The van der Waals surface area contributed by atoms with E-state index in [1.165, 1.54) is 193 Å². The van der Waals surface area contributed by atoms with Crippen molar-refractivity contribution >= 4 is 0 Å². The van der Waals surface area contributed by atoms with Gasteiger partial charge in [-0.15, -0.1) is 0 Å². The molecule has 34 heavy (non-hydrogen) atoms. The predicted octanol–water partition coefficient (Wildman–Crippen LogP) is 10.9. The standard InChI is InChI=1S/3C10H20.2CH4O/c3*1-2-4-6-8-10-9-7-5-3-1;2*1-2/h3*1-10H2;2*2H,1H3. The summed E-state index contributed by atoms with van der Waals surface area (Å²) in [5.74, 6) is 0. The first-order chi connectivity index (χ1) is 17.0. The van der Waals surface area contributed by atoms with Gasteiger partial charge in [-0.25, -0.2) is 0 Å². The van der Waals surface area contributed by atoms with Gasteiger partial charge in [0.25, 0.3) is 0 Å². The van der Waals surface area contributed by atoms with Crippen molar-refractivity contribution < 1.29 is 10.2 Å². The molecule has 0 amide bonds. The smallest absolute Gasteiger partial charge is 0.0319 e. The van der Waals surface area contributed by atoms with Gasteiger partial charge < -0.3 is 10.2 Å². The van der Waals surface area contributed by atoms with Crippen molar-refractivity contribution in [3.05, 3.63) is 0 Å². The Hall–Kier alpha value is -0.0800. The van der Waals surface area contributed by atoms with Gasteiger partial charge in [0.15, 0.2) is 0 Å². The van der Waals surface area contributed by atoms with Crippen LogP contribution in [0, 0.1) is 0 Å². The molecule has 0 aromatic carbocycles. The lowest BCUT2D eigenvalue weighted by molar-refractivity contribution is 0.399. The summed E-state index contributed by atoms with van der Waals surface area (Å²) in [6, 6.07) is 0. The predicted molar refractivity (Wildman–Crippen MR) is 155 cm³/mol. The van der Waals surface area contributed by atoms with E-state index in [4.69, 9.17) is 10.2 Å². The fourth-order valence-corrected chi connectivity index (χ4v) is 5.30. The van der Waals surface area contributed by atoms with Crippen molar-refractivity contribution in [3.63, 3.8) is 0 Å². The maximum absolute atomic E-state index is 7.00. The minimum atomic E-state index is 1.00. The highest BCUT2D eigenvalue weighted by Gasteiger charge is 1.97. The van der Waals surface area contributed by atoms with Crippen LogP contribution in [0.4, 0.5) is 0 Å². The number of hydrogen-bond acceptors (Lipinski definition) is 2. The zero-order chi connectivity index (χ0) is 25.2. The Morgan fingerprint density at radius 1 is 0.147 bits per heavy atom. The molecule has 3 aliphatic rings. The van der Waals surface area contributed by atoms with Crippen LogP contribution >= 0.6 is 0 Å². The Kier molecular flexibility index (Phi) is 39.8. The van der Waals surface area contributed by atoms with E-state index in [0.717, 1.165) is 14.2 Å². The highest BCUT2D eigenvalue weighted by molar-refractivity contribution is 4.53. The first-order valence-electron chi connectivity index (χ1n) is 15.9. The highest BCUT2D eigenvalue weighted by atomic mass is 16.2. The van der Waals surface area contributed by atoms with Crippen LogP contribution in [-0.4, -0.2) is 24.4 Å². The third-order valence-electron chi connectivity index (χ3n) is 7.50. The first-order valence-corrected chi connectivity index (χ1v) is 15.9. The molecule has 0 unspecified atom stereocenters. The number of hydrogen-bond donors (Lipinski definition) is 2. The van der Waals surface area contributed by atoms with Crippen LogP contribution in [0.3, 0.4) is 0 Å². The molecule has 0 bridgehead atoms. The molecule has 2 nitrogen and oxygen atoms in total. The number of aliphatic hydroxyl groups is 2. The summed E-state index contributed by atoms with van der Waals surface area (Å²) in [6.07, 6.45) is 45.0. The van der Waals surface area contributed by atoms with Crippen LogP contribution in [0.25, 0.3) is 0 Å². The van der Waals surface area contributed by atoms with Crippen molar-refractivity contribution in [1.82, 2.24) is 0 Å². The second-order valence-corrected chi connectivity index (χ2v) is 10.6. The first kappa shape index (κ1) is 36.1. The zero-order valence-electron chi connectivity index (χ0n) is 24.1. The van der Waals surface area contributed by atoms with Crippen LogP contribution in [0.2, 0.25) is 0 Å². The van der Waals surface area contributed by atoms with Crippen molar-refractivity contribution in [1.29, 1.82) is 0 Å². The van der Waals surface area contributed by atoms with E-state index in [2.05, 4.69) is 0 Å². The van der Waals surface area contributed by atoms with Crippen LogP contribution < -0.4 is 0 Å². The quantitative estimate of drug-likeness (QED) is 0.359. The summed E-state index contributed by atoms with van der Waals surface area (Å²) < 4.78 is 0. The largest absolute Gasteiger partial charge is 0.400 e. The Labute approximate surface area is 217 Å². The molecule has 0 aromatic heterocycles. The van der Waals surface area contributed by atoms with E-state index in [1.54, 1.807) is 0 Å². The Morgan fingerprint density at radius 2 is 0.176 bits per heavy atom. The molecule has 0 heterocycles.